The van der Waals surface area contributed by atoms with Gasteiger partial charge < -0.3 is 4.74 Å². The number of ether oxygens (including phenoxy) is 1. The molecule has 1 aromatic rings. The van der Waals surface area contributed by atoms with Gasteiger partial charge in [0.25, 0.3) is 0 Å². The molecule has 0 spiro atoms. The molecule has 86 valence electrons. The molecular formula is C14H13NO2. The lowest BCUT2D eigenvalue weighted by Crippen LogP contribution is -2.13. The third kappa shape index (κ3) is 2.82. The van der Waals surface area contributed by atoms with E-state index < -0.39 is 11.9 Å². The molecule has 0 N–H and O–H groups in total. The molecule has 0 aliphatic heterocycles. The SMILES string of the molecule is C=C(C#N)C(C(=C)C(=O)OC)c1ccccc1. The van der Waals surface area contributed by atoms with Crippen molar-refractivity contribution in [2.75, 3.05) is 7.11 Å². The van der Waals surface area contributed by atoms with Crippen LogP contribution in [0.2, 0.25) is 0 Å². The Morgan fingerprint density at radius 1 is 1.35 bits per heavy atom. The van der Waals surface area contributed by atoms with Gasteiger partial charge in [-0.05, 0) is 5.56 Å². The zero-order valence-corrected chi connectivity index (χ0v) is 9.64. The summed E-state index contributed by atoms with van der Waals surface area (Å²) in [5.74, 6) is -1.05. The van der Waals surface area contributed by atoms with Crippen LogP contribution in [0, 0.1) is 11.3 Å². The lowest BCUT2D eigenvalue weighted by atomic mass is 9.86. The molecule has 1 atom stereocenters. The predicted molar refractivity (Wildman–Crippen MR) is 65.1 cm³/mol. The number of methoxy groups -OCH3 is 1. The number of esters is 1. The average Bonchev–Trinajstić information content (AvgIpc) is 2.38. The molecule has 0 saturated heterocycles. The molecule has 0 heterocycles. The Hall–Kier alpha value is -2.34. The van der Waals surface area contributed by atoms with Gasteiger partial charge >= 0.3 is 5.97 Å². The van der Waals surface area contributed by atoms with Crippen LogP contribution in [0.25, 0.3) is 0 Å². The summed E-state index contributed by atoms with van der Waals surface area (Å²) in [5, 5.41) is 8.93. The molecule has 0 aromatic heterocycles. The summed E-state index contributed by atoms with van der Waals surface area (Å²) in [6.45, 7) is 7.34. The molecule has 0 radical (unpaired) electrons. The van der Waals surface area contributed by atoms with Gasteiger partial charge in [0.15, 0.2) is 0 Å². The molecule has 1 rings (SSSR count). The Morgan fingerprint density at radius 3 is 2.41 bits per heavy atom. The quantitative estimate of drug-likeness (QED) is 0.451. The van der Waals surface area contributed by atoms with Gasteiger partial charge in [0.2, 0.25) is 0 Å². The molecular weight excluding hydrogens is 214 g/mol. The zero-order chi connectivity index (χ0) is 12.8. The number of carbonyl (C=O) groups is 1. The van der Waals surface area contributed by atoms with Gasteiger partial charge in [0.1, 0.15) is 0 Å². The number of hydrogen-bond acceptors (Lipinski definition) is 3. The fraction of sp³-hybridized carbons (Fsp3) is 0.143. The summed E-state index contributed by atoms with van der Waals surface area (Å²) in [4.78, 5) is 11.5. The highest BCUT2D eigenvalue weighted by atomic mass is 16.5. The number of nitrogens with zero attached hydrogens (tertiary/aromatic N) is 1. The lowest BCUT2D eigenvalue weighted by molar-refractivity contribution is -0.136. The van der Waals surface area contributed by atoms with E-state index in [4.69, 9.17) is 5.26 Å². The maximum atomic E-state index is 11.5. The topological polar surface area (TPSA) is 50.1 Å². The van der Waals surface area contributed by atoms with Crippen molar-refractivity contribution in [2.45, 2.75) is 5.92 Å². The average molecular weight is 227 g/mol. The first kappa shape index (κ1) is 12.7. The van der Waals surface area contributed by atoms with Gasteiger partial charge in [-0.25, -0.2) is 4.79 Å². The molecule has 0 fully saturated rings. The number of allylic oxidation sites excluding steroid dienone is 1. The van der Waals surface area contributed by atoms with E-state index in [-0.39, 0.29) is 11.1 Å². The fourth-order valence-corrected chi connectivity index (χ4v) is 1.57. The van der Waals surface area contributed by atoms with Gasteiger partial charge in [-0.2, -0.15) is 5.26 Å². The van der Waals surface area contributed by atoms with Crippen molar-refractivity contribution in [3.63, 3.8) is 0 Å². The molecule has 1 aromatic carbocycles. The second-order valence-electron chi connectivity index (χ2n) is 3.50. The second-order valence-corrected chi connectivity index (χ2v) is 3.50. The molecule has 0 aliphatic carbocycles. The van der Waals surface area contributed by atoms with Crippen LogP contribution in [0.4, 0.5) is 0 Å². The van der Waals surface area contributed by atoms with E-state index in [0.717, 1.165) is 5.56 Å². The first-order chi connectivity index (χ1) is 8.11. The number of nitriles is 1. The van der Waals surface area contributed by atoms with E-state index in [1.54, 1.807) is 0 Å². The standard InChI is InChI=1S/C14H13NO2/c1-10(9-15)13(11(2)14(16)17-3)12-7-5-4-6-8-12/h4-8,13H,1-2H2,3H3. The van der Waals surface area contributed by atoms with Crippen LogP contribution in [-0.4, -0.2) is 13.1 Å². The summed E-state index contributed by atoms with van der Waals surface area (Å²) in [5.41, 5.74) is 1.28. The molecule has 0 aliphatic rings. The summed E-state index contributed by atoms with van der Waals surface area (Å²) < 4.78 is 4.62. The zero-order valence-electron chi connectivity index (χ0n) is 9.64. The van der Waals surface area contributed by atoms with Crippen molar-refractivity contribution in [3.8, 4) is 6.07 Å². The van der Waals surface area contributed by atoms with E-state index in [0.29, 0.717) is 0 Å². The van der Waals surface area contributed by atoms with E-state index in [2.05, 4.69) is 17.9 Å². The van der Waals surface area contributed by atoms with Crippen LogP contribution in [0.1, 0.15) is 11.5 Å². The van der Waals surface area contributed by atoms with Crippen LogP contribution in [0.15, 0.2) is 54.6 Å². The van der Waals surface area contributed by atoms with Gasteiger partial charge in [-0.3, -0.25) is 0 Å². The van der Waals surface area contributed by atoms with Crippen molar-refractivity contribution in [3.05, 3.63) is 60.2 Å². The van der Waals surface area contributed by atoms with Gasteiger partial charge in [-0.1, -0.05) is 43.5 Å². The van der Waals surface area contributed by atoms with Crippen LogP contribution < -0.4 is 0 Å². The monoisotopic (exact) mass is 227 g/mol. The summed E-state index contributed by atoms with van der Waals surface area (Å²) in [6.07, 6.45) is 0. The van der Waals surface area contributed by atoms with E-state index in [9.17, 15) is 4.79 Å². The van der Waals surface area contributed by atoms with E-state index >= 15 is 0 Å². The van der Waals surface area contributed by atoms with E-state index in [1.807, 2.05) is 36.4 Å². The molecule has 1 unspecified atom stereocenters. The first-order valence-corrected chi connectivity index (χ1v) is 5.02. The van der Waals surface area contributed by atoms with Gasteiger partial charge in [-0.15, -0.1) is 0 Å². The molecule has 3 heteroatoms. The number of benzene rings is 1. The Kier molecular flexibility index (Phi) is 4.24. The Bertz CT molecular complexity index is 483. The van der Waals surface area contributed by atoms with Crippen LogP contribution in [0.5, 0.6) is 0 Å². The van der Waals surface area contributed by atoms with E-state index in [1.165, 1.54) is 7.11 Å². The van der Waals surface area contributed by atoms with Crippen molar-refractivity contribution in [1.29, 1.82) is 5.26 Å². The van der Waals surface area contributed by atoms with Crippen molar-refractivity contribution in [1.82, 2.24) is 0 Å². The number of carbonyl (C=O) groups excluding carboxylic acids is 1. The van der Waals surface area contributed by atoms with Crippen LogP contribution >= 0.6 is 0 Å². The molecule has 0 amide bonds. The predicted octanol–water partition coefficient (Wildman–Crippen LogP) is 2.58. The van der Waals surface area contributed by atoms with Crippen molar-refractivity contribution in [2.24, 2.45) is 0 Å². The Balaban J connectivity index is 3.15. The smallest absolute Gasteiger partial charge is 0.334 e. The summed E-state index contributed by atoms with van der Waals surface area (Å²) in [7, 11) is 1.28. The normalized spacial score (nSPS) is 11.1. The molecule has 3 nitrogen and oxygen atoms in total. The second kappa shape index (κ2) is 5.66. The minimum atomic E-state index is -0.532. The maximum absolute atomic E-state index is 11.5. The summed E-state index contributed by atoms with van der Waals surface area (Å²) in [6, 6.07) is 11.1. The summed E-state index contributed by atoms with van der Waals surface area (Å²) >= 11 is 0. The third-order valence-corrected chi connectivity index (χ3v) is 2.42. The largest absolute Gasteiger partial charge is 0.466 e. The van der Waals surface area contributed by atoms with Crippen molar-refractivity contribution >= 4 is 5.97 Å². The lowest BCUT2D eigenvalue weighted by Gasteiger charge is -2.16. The highest BCUT2D eigenvalue weighted by Gasteiger charge is 2.24. The highest BCUT2D eigenvalue weighted by Crippen LogP contribution is 2.30. The molecule has 17 heavy (non-hydrogen) atoms. The first-order valence-electron chi connectivity index (χ1n) is 5.02. The Morgan fingerprint density at radius 2 is 1.94 bits per heavy atom. The van der Waals surface area contributed by atoms with Gasteiger partial charge in [0, 0.05) is 17.1 Å². The highest BCUT2D eigenvalue weighted by molar-refractivity contribution is 5.90. The molecule has 0 saturated carbocycles. The molecule has 0 bridgehead atoms. The van der Waals surface area contributed by atoms with Crippen LogP contribution in [-0.2, 0) is 9.53 Å². The third-order valence-electron chi connectivity index (χ3n) is 2.42. The van der Waals surface area contributed by atoms with Crippen LogP contribution in [0.3, 0.4) is 0 Å². The minimum absolute atomic E-state index is 0.213. The van der Waals surface area contributed by atoms with Gasteiger partial charge in [0.05, 0.1) is 13.2 Å². The maximum Gasteiger partial charge on any atom is 0.334 e. The Labute approximate surface area is 101 Å². The minimum Gasteiger partial charge on any atom is -0.466 e. The number of rotatable bonds is 4. The fourth-order valence-electron chi connectivity index (χ4n) is 1.57. The number of hydrogen-bond donors (Lipinski definition) is 0. The van der Waals surface area contributed by atoms with Crippen molar-refractivity contribution < 1.29 is 9.53 Å².